The van der Waals surface area contributed by atoms with Gasteiger partial charge in [0.25, 0.3) is 5.91 Å². The molecular weight excluding hydrogens is 332 g/mol. The molecule has 1 saturated carbocycles. The molecule has 138 valence electrons. The molecule has 5 aliphatic rings. The second-order valence-electron chi connectivity index (χ2n) is 7.76. The highest BCUT2D eigenvalue weighted by atomic mass is 16.7. The molecule has 1 aromatic carbocycles. The number of ether oxygens (including phenoxy) is 1. The fraction of sp³-hybridized carbons (Fsp3) is 0.550. The molecule has 1 aliphatic carbocycles. The van der Waals surface area contributed by atoms with Gasteiger partial charge in [-0.1, -0.05) is 29.8 Å². The van der Waals surface area contributed by atoms with Crippen LogP contribution >= 0.6 is 0 Å². The lowest BCUT2D eigenvalue weighted by Crippen LogP contribution is -2.58. The highest BCUT2D eigenvalue weighted by molar-refractivity contribution is 6.07. The van der Waals surface area contributed by atoms with Gasteiger partial charge >= 0.3 is 0 Å². The Kier molecular flexibility index (Phi) is 3.56. The Morgan fingerprint density at radius 2 is 2.23 bits per heavy atom. The molecule has 0 radical (unpaired) electrons. The van der Waals surface area contributed by atoms with E-state index in [0.29, 0.717) is 13.0 Å². The van der Waals surface area contributed by atoms with Crippen molar-refractivity contribution in [3.8, 4) is 0 Å². The number of hydroxylamine groups is 1. The van der Waals surface area contributed by atoms with Gasteiger partial charge in [-0.05, 0) is 25.0 Å². The first-order valence-corrected chi connectivity index (χ1v) is 9.29. The fourth-order valence-electron chi connectivity index (χ4n) is 5.74. The molecule has 2 N–H and O–H groups in total. The summed E-state index contributed by atoms with van der Waals surface area (Å²) in [5.41, 5.74) is 1.94. The van der Waals surface area contributed by atoms with Crippen LogP contribution in [0.5, 0.6) is 0 Å². The zero-order valence-electron chi connectivity index (χ0n) is 15.0. The number of rotatable bonds is 1. The number of aliphatic hydroxyl groups is 1. The summed E-state index contributed by atoms with van der Waals surface area (Å²) in [6, 6.07) is 7.83. The Bertz CT molecular complexity index is 794. The molecule has 6 unspecified atom stereocenters. The van der Waals surface area contributed by atoms with Crippen LogP contribution in [-0.2, 0) is 19.8 Å². The summed E-state index contributed by atoms with van der Waals surface area (Å²) in [7, 11) is 1.51. The number of allylic oxidation sites excluding steroid dienone is 1. The van der Waals surface area contributed by atoms with E-state index in [1.54, 1.807) is 0 Å². The second kappa shape index (κ2) is 5.63. The van der Waals surface area contributed by atoms with Crippen LogP contribution in [0.4, 0.5) is 5.69 Å². The first kappa shape index (κ1) is 16.4. The number of nitrogens with one attached hydrogen (secondary N) is 1. The summed E-state index contributed by atoms with van der Waals surface area (Å²) in [5, 5.41) is 16.3. The second-order valence-corrected chi connectivity index (χ2v) is 7.76. The fourth-order valence-corrected chi connectivity index (χ4v) is 5.74. The number of carbonyl (C=O) groups is 1. The van der Waals surface area contributed by atoms with Crippen LogP contribution < -0.4 is 10.4 Å². The molecule has 6 heteroatoms. The first-order chi connectivity index (χ1) is 12.6. The molecule has 26 heavy (non-hydrogen) atoms. The number of nitrogens with zero attached hydrogens (tertiary/aromatic N) is 1. The SMILES string of the molecule is CC=C1CNC2CC3(C(=O)N(OC)c4ccccc43)C3OCC2C1C3O. The van der Waals surface area contributed by atoms with Gasteiger partial charge in [0.2, 0.25) is 0 Å². The molecule has 1 spiro atoms. The third-order valence-electron chi connectivity index (χ3n) is 6.87. The maximum atomic E-state index is 13.6. The van der Waals surface area contributed by atoms with E-state index < -0.39 is 17.6 Å². The van der Waals surface area contributed by atoms with E-state index >= 15 is 0 Å². The van der Waals surface area contributed by atoms with Gasteiger partial charge in [-0.25, -0.2) is 0 Å². The lowest BCUT2D eigenvalue weighted by Gasteiger charge is -2.45. The van der Waals surface area contributed by atoms with Crippen LogP contribution in [0.25, 0.3) is 0 Å². The Hall–Kier alpha value is -1.73. The van der Waals surface area contributed by atoms with Crippen molar-refractivity contribution >= 4 is 11.6 Å². The van der Waals surface area contributed by atoms with Crippen molar-refractivity contribution in [3.05, 3.63) is 41.5 Å². The molecule has 4 heterocycles. The van der Waals surface area contributed by atoms with E-state index in [-0.39, 0.29) is 23.8 Å². The molecular formula is C20H24N2O4. The number of aliphatic hydroxyl groups excluding tert-OH is 1. The van der Waals surface area contributed by atoms with Gasteiger partial charge in [-0.2, -0.15) is 5.06 Å². The number of piperidine rings is 1. The van der Waals surface area contributed by atoms with Crippen molar-refractivity contribution in [2.75, 3.05) is 25.3 Å². The lowest BCUT2D eigenvalue weighted by molar-refractivity contribution is -0.157. The molecule has 4 aliphatic heterocycles. The van der Waals surface area contributed by atoms with Crippen LogP contribution in [0, 0.1) is 11.8 Å². The molecule has 6 rings (SSSR count). The number of benzene rings is 1. The topological polar surface area (TPSA) is 71.0 Å². The van der Waals surface area contributed by atoms with E-state index in [9.17, 15) is 9.90 Å². The Morgan fingerprint density at radius 1 is 1.42 bits per heavy atom. The summed E-state index contributed by atoms with van der Waals surface area (Å²) < 4.78 is 6.18. The van der Waals surface area contributed by atoms with Gasteiger partial charge in [-0.3, -0.25) is 9.63 Å². The van der Waals surface area contributed by atoms with Gasteiger partial charge in [0.1, 0.15) is 11.5 Å². The van der Waals surface area contributed by atoms with E-state index in [0.717, 1.165) is 17.8 Å². The number of para-hydroxylation sites is 1. The number of amides is 1. The van der Waals surface area contributed by atoms with Crippen LogP contribution in [-0.4, -0.2) is 49.5 Å². The minimum Gasteiger partial charge on any atom is -0.390 e. The molecule has 6 nitrogen and oxygen atoms in total. The molecule has 3 saturated heterocycles. The van der Waals surface area contributed by atoms with Gasteiger partial charge in [-0.15, -0.1) is 0 Å². The molecule has 0 aromatic heterocycles. The molecule has 1 aromatic rings. The highest BCUT2D eigenvalue weighted by Crippen LogP contribution is 2.55. The van der Waals surface area contributed by atoms with E-state index in [2.05, 4.69) is 11.4 Å². The number of fused-ring (bicyclic) bond motifs is 2. The van der Waals surface area contributed by atoms with Crippen molar-refractivity contribution in [2.45, 2.75) is 37.0 Å². The predicted molar refractivity (Wildman–Crippen MR) is 95.5 cm³/mol. The maximum absolute atomic E-state index is 13.6. The first-order valence-electron chi connectivity index (χ1n) is 9.29. The smallest absolute Gasteiger partial charge is 0.264 e. The summed E-state index contributed by atoms with van der Waals surface area (Å²) in [6.07, 6.45) is 1.43. The van der Waals surface area contributed by atoms with Gasteiger partial charge in [0.05, 0.1) is 25.5 Å². The average molecular weight is 356 g/mol. The maximum Gasteiger partial charge on any atom is 0.264 e. The van der Waals surface area contributed by atoms with Gasteiger partial charge in [0, 0.05) is 24.4 Å². The minimum absolute atomic E-state index is 0.0425. The van der Waals surface area contributed by atoms with Crippen molar-refractivity contribution in [3.63, 3.8) is 0 Å². The minimum atomic E-state index is -0.920. The number of anilines is 1. The Labute approximate surface area is 152 Å². The van der Waals surface area contributed by atoms with Crippen molar-refractivity contribution in [2.24, 2.45) is 11.8 Å². The van der Waals surface area contributed by atoms with Crippen LogP contribution in [0.2, 0.25) is 0 Å². The monoisotopic (exact) mass is 356 g/mol. The number of hydrogen-bond acceptors (Lipinski definition) is 5. The molecule has 4 fully saturated rings. The normalized spacial score (nSPS) is 42.4. The summed E-state index contributed by atoms with van der Waals surface area (Å²) in [6.45, 7) is 3.33. The van der Waals surface area contributed by atoms with Crippen LogP contribution in [0.15, 0.2) is 35.9 Å². The summed E-state index contributed by atoms with van der Waals surface area (Å²) >= 11 is 0. The van der Waals surface area contributed by atoms with Gasteiger partial charge in [0.15, 0.2) is 0 Å². The quantitative estimate of drug-likeness (QED) is 0.739. The number of carbonyl (C=O) groups excluding carboxylic acids is 1. The molecule has 6 atom stereocenters. The van der Waals surface area contributed by atoms with Crippen LogP contribution in [0.3, 0.4) is 0 Å². The average Bonchev–Trinajstić information content (AvgIpc) is 2.77. The summed E-state index contributed by atoms with van der Waals surface area (Å²) in [4.78, 5) is 19.0. The van der Waals surface area contributed by atoms with Gasteiger partial charge < -0.3 is 15.2 Å². The Morgan fingerprint density at radius 3 is 3.00 bits per heavy atom. The standard InChI is InChI=1S/C20H24N2O4/c1-3-11-9-21-14-8-20(18-17(23)16(11)12(14)10-26-18)13-6-4-5-7-15(13)22(25-2)19(20)24/h3-7,12,14,16-18,21,23H,8-10H2,1-2H3. The number of hydrogen-bond donors (Lipinski definition) is 2. The van der Waals surface area contributed by atoms with E-state index in [4.69, 9.17) is 9.57 Å². The summed E-state index contributed by atoms with van der Waals surface area (Å²) in [5.74, 6) is 0.0837. The lowest BCUT2D eigenvalue weighted by atomic mass is 9.71. The third kappa shape index (κ3) is 1.83. The van der Waals surface area contributed by atoms with E-state index in [1.165, 1.54) is 17.7 Å². The van der Waals surface area contributed by atoms with E-state index in [1.807, 2.05) is 31.2 Å². The van der Waals surface area contributed by atoms with Crippen LogP contribution in [0.1, 0.15) is 18.9 Å². The highest BCUT2D eigenvalue weighted by Gasteiger charge is 2.66. The predicted octanol–water partition coefficient (Wildman–Crippen LogP) is 1.15. The zero-order valence-corrected chi connectivity index (χ0v) is 15.0. The molecule has 4 bridgehead atoms. The molecule has 1 amide bonds. The third-order valence-corrected chi connectivity index (χ3v) is 6.87. The Balaban J connectivity index is 1.72. The van der Waals surface area contributed by atoms with Crippen molar-refractivity contribution in [1.29, 1.82) is 0 Å². The largest absolute Gasteiger partial charge is 0.390 e. The zero-order chi connectivity index (χ0) is 18.1. The van der Waals surface area contributed by atoms with Crippen molar-refractivity contribution in [1.82, 2.24) is 5.32 Å². The van der Waals surface area contributed by atoms with Crippen molar-refractivity contribution < 1.29 is 19.5 Å².